The first-order valence-electron chi connectivity index (χ1n) is 8.03. The van der Waals surface area contributed by atoms with Crippen molar-refractivity contribution in [2.75, 3.05) is 0 Å². The highest BCUT2D eigenvalue weighted by atomic mass is 15.1. The fourth-order valence-electron chi connectivity index (χ4n) is 2.32. The Bertz CT molecular complexity index is 544. The lowest BCUT2D eigenvalue weighted by atomic mass is 9.88. The van der Waals surface area contributed by atoms with Gasteiger partial charge in [-0.2, -0.15) is 0 Å². The van der Waals surface area contributed by atoms with Gasteiger partial charge in [0.25, 0.3) is 0 Å². The van der Waals surface area contributed by atoms with Crippen molar-refractivity contribution in [3.63, 3.8) is 0 Å². The van der Waals surface area contributed by atoms with Crippen molar-refractivity contribution in [1.29, 1.82) is 0 Å². The van der Waals surface area contributed by atoms with Crippen LogP contribution in [0.15, 0.2) is 97.5 Å². The Kier molecular flexibility index (Phi) is 11.2. The molecule has 0 amide bonds. The zero-order valence-corrected chi connectivity index (χ0v) is 14.9. The predicted octanol–water partition coefficient (Wildman–Crippen LogP) is 6.14. The maximum atomic E-state index is 3.96. The average molecular weight is 306 g/mol. The van der Waals surface area contributed by atoms with Crippen LogP contribution in [0.1, 0.15) is 26.7 Å². The largest absolute Gasteiger partial charge is 0.391 e. The van der Waals surface area contributed by atoms with Crippen molar-refractivity contribution < 1.29 is 0 Å². The molecule has 0 aromatic carbocycles. The summed E-state index contributed by atoms with van der Waals surface area (Å²) < 4.78 is 0. The third-order valence-electron chi connectivity index (χ3n) is 3.43. The smallest absolute Gasteiger partial charge is 0.249 e. The highest BCUT2D eigenvalue weighted by Gasteiger charge is 2.16. The Morgan fingerprint density at radius 3 is 2.00 bits per heavy atom. The lowest BCUT2D eigenvalue weighted by Gasteiger charge is -2.30. The number of hydrogen-bond donors (Lipinski definition) is 0. The Balaban J connectivity index is 6.33. The van der Waals surface area contributed by atoms with Crippen LogP contribution >= 0.6 is 0 Å². The molecule has 0 fully saturated rings. The van der Waals surface area contributed by atoms with Crippen molar-refractivity contribution in [1.82, 2.24) is 4.81 Å². The van der Waals surface area contributed by atoms with Crippen LogP contribution in [0.4, 0.5) is 0 Å². The molecule has 0 atom stereocenters. The third-order valence-corrected chi connectivity index (χ3v) is 3.43. The molecule has 2 heteroatoms. The molecule has 0 aliphatic carbocycles. The summed E-state index contributed by atoms with van der Waals surface area (Å²) in [5, 5.41) is 0. The standard InChI is InChI=1S/C21H29BN/c1-8-14-17-21(18(11-4)12-5)23(22-7)20(16-10-3)19(13-6)15-9-2/h8-11,14-17H,1-4,12-13H2,5-7H3/b17-14-,19-15-,20-16+,21-18-. The second-order valence-corrected chi connectivity index (χ2v) is 4.76. The molecule has 0 aliphatic heterocycles. The van der Waals surface area contributed by atoms with E-state index in [1.807, 2.05) is 43.3 Å². The number of hydrogen-bond acceptors (Lipinski definition) is 1. The van der Waals surface area contributed by atoms with E-state index in [-0.39, 0.29) is 0 Å². The van der Waals surface area contributed by atoms with Gasteiger partial charge in [0.15, 0.2) is 0 Å². The van der Waals surface area contributed by atoms with E-state index in [1.54, 1.807) is 6.08 Å². The van der Waals surface area contributed by atoms with E-state index >= 15 is 0 Å². The number of nitrogens with zero attached hydrogens (tertiary/aromatic N) is 1. The second-order valence-electron chi connectivity index (χ2n) is 4.76. The van der Waals surface area contributed by atoms with Gasteiger partial charge in [-0.1, -0.05) is 83.4 Å². The molecule has 1 radical (unpaired) electrons. The molecule has 0 bridgehead atoms. The molecule has 0 saturated heterocycles. The highest BCUT2D eigenvalue weighted by Crippen LogP contribution is 2.26. The molecule has 0 aliphatic rings. The van der Waals surface area contributed by atoms with E-state index in [9.17, 15) is 0 Å². The molecule has 121 valence electrons. The van der Waals surface area contributed by atoms with E-state index in [4.69, 9.17) is 0 Å². The molecule has 0 aromatic rings. The molecule has 0 unspecified atom stereocenters. The van der Waals surface area contributed by atoms with E-state index in [0.717, 1.165) is 24.2 Å². The molecule has 0 aromatic heterocycles. The zero-order valence-electron chi connectivity index (χ0n) is 14.9. The monoisotopic (exact) mass is 306 g/mol. The van der Waals surface area contributed by atoms with Crippen LogP contribution in [0.2, 0.25) is 6.82 Å². The quantitative estimate of drug-likeness (QED) is 0.327. The highest BCUT2D eigenvalue weighted by molar-refractivity contribution is 6.31. The van der Waals surface area contributed by atoms with Gasteiger partial charge >= 0.3 is 0 Å². The minimum atomic E-state index is 0.901. The zero-order chi connectivity index (χ0) is 17.7. The fourth-order valence-corrected chi connectivity index (χ4v) is 2.32. The minimum Gasteiger partial charge on any atom is -0.391 e. The van der Waals surface area contributed by atoms with Gasteiger partial charge in [-0.3, -0.25) is 0 Å². The minimum absolute atomic E-state index is 0.901. The topological polar surface area (TPSA) is 3.24 Å². The van der Waals surface area contributed by atoms with Crippen molar-refractivity contribution in [2.24, 2.45) is 0 Å². The molecule has 0 saturated carbocycles. The van der Waals surface area contributed by atoms with Gasteiger partial charge in [0.1, 0.15) is 0 Å². The second kappa shape index (κ2) is 12.3. The van der Waals surface area contributed by atoms with Crippen LogP contribution in [0, 0.1) is 0 Å². The molecule has 0 rings (SSSR count). The van der Waals surface area contributed by atoms with E-state index in [0.29, 0.717) is 0 Å². The molecular weight excluding hydrogens is 277 g/mol. The van der Waals surface area contributed by atoms with E-state index in [2.05, 4.69) is 58.5 Å². The van der Waals surface area contributed by atoms with Gasteiger partial charge < -0.3 is 4.81 Å². The number of rotatable bonds is 11. The lowest BCUT2D eigenvalue weighted by Crippen LogP contribution is -2.26. The third kappa shape index (κ3) is 6.19. The van der Waals surface area contributed by atoms with Gasteiger partial charge in [0, 0.05) is 11.4 Å². The summed E-state index contributed by atoms with van der Waals surface area (Å²) in [5.74, 6) is 0. The van der Waals surface area contributed by atoms with Gasteiger partial charge in [-0.15, -0.1) is 0 Å². The van der Waals surface area contributed by atoms with Gasteiger partial charge in [-0.25, -0.2) is 0 Å². The van der Waals surface area contributed by atoms with Gasteiger partial charge in [0.2, 0.25) is 7.41 Å². The van der Waals surface area contributed by atoms with Crippen molar-refractivity contribution in [2.45, 2.75) is 33.5 Å². The van der Waals surface area contributed by atoms with Crippen LogP contribution in [-0.2, 0) is 0 Å². The summed E-state index contributed by atoms with van der Waals surface area (Å²) >= 11 is 0. The fraction of sp³-hybridized carbons (Fsp3) is 0.238. The normalized spacial score (nSPS) is 13.3. The van der Waals surface area contributed by atoms with Gasteiger partial charge in [-0.05, 0) is 36.1 Å². The first-order valence-corrected chi connectivity index (χ1v) is 8.03. The Hall–Kier alpha value is -2.22. The van der Waals surface area contributed by atoms with Crippen LogP contribution in [0.25, 0.3) is 0 Å². The van der Waals surface area contributed by atoms with Crippen molar-refractivity contribution >= 4 is 7.41 Å². The Morgan fingerprint density at radius 1 is 0.957 bits per heavy atom. The first-order chi connectivity index (χ1) is 11.1. The maximum absolute atomic E-state index is 3.96. The van der Waals surface area contributed by atoms with Crippen molar-refractivity contribution in [3.05, 3.63) is 97.5 Å². The summed E-state index contributed by atoms with van der Waals surface area (Å²) in [6.45, 7) is 21.7. The lowest BCUT2D eigenvalue weighted by molar-refractivity contribution is 0.679. The molecular formula is C21H29BN. The molecule has 0 heterocycles. The molecule has 23 heavy (non-hydrogen) atoms. The predicted molar refractivity (Wildman–Crippen MR) is 107 cm³/mol. The molecule has 0 N–H and O–H groups in total. The summed E-state index contributed by atoms with van der Waals surface area (Å²) in [5.41, 5.74) is 4.54. The molecule has 1 nitrogen and oxygen atoms in total. The summed E-state index contributed by atoms with van der Waals surface area (Å²) in [4.78, 5) is 2.17. The summed E-state index contributed by atoms with van der Waals surface area (Å²) in [6, 6.07) is 0. The van der Waals surface area contributed by atoms with E-state index in [1.165, 1.54) is 11.1 Å². The SMILES string of the molecule is C=C/C=C\C(=C(/C=C)CC)N([B]C)C(=C/C=C)/C(=C\C=C)CC. The van der Waals surface area contributed by atoms with Crippen LogP contribution in [0.5, 0.6) is 0 Å². The average Bonchev–Trinajstić information content (AvgIpc) is 2.57. The maximum Gasteiger partial charge on any atom is 0.249 e. The van der Waals surface area contributed by atoms with E-state index < -0.39 is 0 Å². The Labute approximate surface area is 143 Å². The number of allylic oxidation sites excluding steroid dienone is 10. The first kappa shape index (κ1) is 20.8. The van der Waals surface area contributed by atoms with Crippen LogP contribution < -0.4 is 0 Å². The Morgan fingerprint density at radius 2 is 1.61 bits per heavy atom. The summed E-state index contributed by atoms with van der Waals surface area (Å²) in [6.07, 6.45) is 17.2. The van der Waals surface area contributed by atoms with Crippen molar-refractivity contribution in [3.8, 4) is 0 Å². The summed E-state index contributed by atoms with van der Waals surface area (Å²) in [7, 11) is 2.06. The van der Waals surface area contributed by atoms with Gasteiger partial charge in [0.05, 0.1) is 0 Å². The van der Waals surface area contributed by atoms with Crippen LogP contribution in [-0.4, -0.2) is 12.2 Å². The van der Waals surface area contributed by atoms with Crippen LogP contribution in [0.3, 0.4) is 0 Å². The molecule has 0 spiro atoms.